The Balaban J connectivity index is 3.38. The summed E-state index contributed by atoms with van der Waals surface area (Å²) in [5.41, 5.74) is 0. The summed E-state index contributed by atoms with van der Waals surface area (Å²) in [6.45, 7) is 4.47. The molecule has 0 aliphatic carbocycles. The lowest BCUT2D eigenvalue weighted by Gasteiger charge is -2.07. The van der Waals surface area contributed by atoms with Crippen molar-refractivity contribution in [3.63, 3.8) is 0 Å². The van der Waals surface area contributed by atoms with Gasteiger partial charge < -0.3 is 4.74 Å². The van der Waals surface area contributed by atoms with Gasteiger partial charge in [0.05, 0.1) is 6.61 Å². The third kappa shape index (κ3) is 7.05. The van der Waals surface area contributed by atoms with Crippen molar-refractivity contribution in [1.29, 1.82) is 0 Å². The van der Waals surface area contributed by atoms with Crippen molar-refractivity contribution in [2.24, 2.45) is 0 Å². The van der Waals surface area contributed by atoms with Crippen LogP contribution in [0.4, 0.5) is 0 Å². The zero-order chi connectivity index (χ0) is 10.1. The molecule has 0 fully saturated rings. The van der Waals surface area contributed by atoms with Crippen molar-refractivity contribution in [1.82, 2.24) is 0 Å². The lowest BCUT2D eigenvalue weighted by molar-refractivity contribution is -0.142. The molecule has 3 heteroatoms. The van der Waals surface area contributed by atoms with Gasteiger partial charge in [0.25, 0.3) is 0 Å². The van der Waals surface area contributed by atoms with Crippen LogP contribution in [0.3, 0.4) is 0 Å². The summed E-state index contributed by atoms with van der Waals surface area (Å²) in [6.07, 6.45) is 5.67. The van der Waals surface area contributed by atoms with Crippen LogP contribution in [0, 0.1) is 0 Å². The van der Waals surface area contributed by atoms with Gasteiger partial charge in [-0.1, -0.05) is 48.5 Å². The monoisotopic (exact) mass is 250 g/mol. The van der Waals surface area contributed by atoms with E-state index in [1.807, 2.05) is 6.92 Å². The van der Waals surface area contributed by atoms with Crippen LogP contribution in [0.25, 0.3) is 0 Å². The fraction of sp³-hybridized carbons (Fsp3) is 0.900. The Bertz CT molecular complexity index is 137. The van der Waals surface area contributed by atoms with Gasteiger partial charge in [0.1, 0.15) is 4.83 Å². The number of hydrogen-bond donors (Lipinski definition) is 0. The number of unbranched alkanes of at least 4 members (excludes halogenated alkanes) is 3. The molecule has 13 heavy (non-hydrogen) atoms. The lowest BCUT2D eigenvalue weighted by atomic mass is 10.1. The molecular weight excluding hydrogens is 232 g/mol. The van der Waals surface area contributed by atoms with E-state index in [2.05, 4.69) is 22.9 Å². The summed E-state index contributed by atoms with van der Waals surface area (Å²) in [7, 11) is 0. The maximum Gasteiger partial charge on any atom is 0.319 e. The molecule has 0 aromatic heterocycles. The Morgan fingerprint density at radius 3 is 2.54 bits per heavy atom. The largest absolute Gasteiger partial charge is 0.465 e. The molecule has 0 radical (unpaired) electrons. The molecule has 0 saturated heterocycles. The molecule has 0 aromatic carbocycles. The Labute approximate surface area is 89.2 Å². The number of carbonyl (C=O) groups is 1. The first-order valence-corrected chi connectivity index (χ1v) is 5.94. The molecule has 78 valence electrons. The van der Waals surface area contributed by atoms with Crippen LogP contribution in [0.15, 0.2) is 0 Å². The van der Waals surface area contributed by atoms with Crippen molar-refractivity contribution in [3.8, 4) is 0 Å². The van der Waals surface area contributed by atoms with E-state index in [9.17, 15) is 4.79 Å². The van der Waals surface area contributed by atoms with Gasteiger partial charge in [0.2, 0.25) is 0 Å². The van der Waals surface area contributed by atoms with E-state index in [-0.39, 0.29) is 10.8 Å². The average Bonchev–Trinajstić information content (AvgIpc) is 2.12. The first kappa shape index (κ1) is 12.9. The quantitative estimate of drug-likeness (QED) is 0.394. The topological polar surface area (TPSA) is 26.3 Å². The fourth-order valence-electron chi connectivity index (χ4n) is 1.10. The summed E-state index contributed by atoms with van der Waals surface area (Å²) in [5.74, 6) is -0.126. The first-order chi connectivity index (χ1) is 6.22. The van der Waals surface area contributed by atoms with Crippen LogP contribution < -0.4 is 0 Å². The molecule has 0 aliphatic heterocycles. The molecular formula is C10H19BrO2. The lowest BCUT2D eigenvalue weighted by Crippen LogP contribution is -2.17. The van der Waals surface area contributed by atoms with Crippen molar-refractivity contribution < 1.29 is 9.53 Å². The second-order valence-electron chi connectivity index (χ2n) is 3.07. The van der Waals surface area contributed by atoms with E-state index in [4.69, 9.17) is 4.74 Å². The van der Waals surface area contributed by atoms with Gasteiger partial charge in [-0.05, 0) is 13.3 Å². The molecule has 1 atom stereocenters. The van der Waals surface area contributed by atoms with E-state index in [0.717, 1.165) is 12.8 Å². The van der Waals surface area contributed by atoms with Gasteiger partial charge in [-0.2, -0.15) is 0 Å². The number of esters is 1. The molecule has 0 rings (SSSR count). The van der Waals surface area contributed by atoms with Crippen LogP contribution in [0.1, 0.15) is 46.0 Å². The zero-order valence-corrected chi connectivity index (χ0v) is 10.1. The summed E-state index contributed by atoms with van der Waals surface area (Å²) in [4.78, 5) is 11.0. The highest BCUT2D eigenvalue weighted by Gasteiger charge is 2.14. The van der Waals surface area contributed by atoms with Gasteiger partial charge in [-0.25, -0.2) is 0 Å². The van der Waals surface area contributed by atoms with Gasteiger partial charge in [-0.15, -0.1) is 0 Å². The average molecular weight is 251 g/mol. The number of alkyl halides is 1. The molecule has 0 aliphatic rings. The number of ether oxygens (including phenoxy) is 1. The third-order valence-corrected chi connectivity index (χ3v) is 2.69. The van der Waals surface area contributed by atoms with E-state index < -0.39 is 0 Å². The van der Waals surface area contributed by atoms with E-state index in [1.54, 1.807) is 0 Å². The Morgan fingerprint density at radius 1 is 1.31 bits per heavy atom. The number of hydrogen-bond acceptors (Lipinski definition) is 2. The molecule has 1 unspecified atom stereocenters. The minimum atomic E-state index is -0.126. The minimum Gasteiger partial charge on any atom is -0.465 e. The van der Waals surface area contributed by atoms with Crippen LogP contribution in [0.5, 0.6) is 0 Å². The highest BCUT2D eigenvalue weighted by Crippen LogP contribution is 2.13. The SMILES string of the molecule is CCCCCCC(Br)C(=O)OCC. The van der Waals surface area contributed by atoms with Crippen LogP contribution >= 0.6 is 15.9 Å². The Hall–Kier alpha value is -0.0500. The highest BCUT2D eigenvalue weighted by atomic mass is 79.9. The number of carbonyl (C=O) groups excluding carboxylic acids is 1. The van der Waals surface area contributed by atoms with Gasteiger partial charge >= 0.3 is 5.97 Å². The first-order valence-electron chi connectivity index (χ1n) is 5.03. The fourth-order valence-corrected chi connectivity index (χ4v) is 1.56. The predicted octanol–water partition coefficient (Wildman–Crippen LogP) is 3.28. The van der Waals surface area contributed by atoms with Crippen LogP contribution in [-0.2, 0) is 9.53 Å². The van der Waals surface area contributed by atoms with Crippen molar-refractivity contribution in [2.45, 2.75) is 50.8 Å². The smallest absolute Gasteiger partial charge is 0.319 e. The second-order valence-corrected chi connectivity index (χ2v) is 4.17. The van der Waals surface area contributed by atoms with Gasteiger partial charge in [0.15, 0.2) is 0 Å². The molecule has 0 N–H and O–H groups in total. The van der Waals surface area contributed by atoms with Gasteiger partial charge in [0, 0.05) is 0 Å². The third-order valence-electron chi connectivity index (χ3n) is 1.85. The number of halogens is 1. The predicted molar refractivity (Wildman–Crippen MR) is 58.1 cm³/mol. The number of rotatable bonds is 7. The molecule has 2 nitrogen and oxygen atoms in total. The van der Waals surface area contributed by atoms with Crippen LogP contribution in [0.2, 0.25) is 0 Å². The molecule has 0 heterocycles. The Kier molecular flexibility index (Phi) is 8.51. The summed E-state index contributed by atoms with van der Waals surface area (Å²) in [6, 6.07) is 0. The van der Waals surface area contributed by atoms with E-state index in [1.165, 1.54) is 19.3 Å². The Morgan fingerprint density at radius 2 is 2.00 bits per heavy atom. The van der Waals surface area contributed by atoms with E-state index >= 15 is 0 Å². The molecule has 0 saturated carbocycles. The molecule has 0 spiro atoms. The van der Waals surface area contributed by atoms with Crippen LogP contribution in [-0.4, -0.2) is 17.4 Å². The maximum atomic E-state index is 11.1. The molecule has 0 bridgehead atoms. The molecule has 0 amide bonds. The standard InChI is InChI=1S/C10H19BrO2/c1-3-5-6-7-8-9(11)10(12)13-4-2/h9H,3-8H2,1-2H3. The summed E-state index contributed by atoms with van der Waals surface area (Å²) >= 11 is 3.32. The van der Waals surface area contributed by atoms with Crippen molar-refractivity contribution >= 4 is 21.9 Å². The van der Waals surface area contributed by atoms with Crippen molar-refractivity contribution in [2.75, 3.05) is 6.61 Å². The normalized spacial score (nSPS) is 12.5. The van der Waals surface area contributed by atoms with Gasteiger partial charge in [-0.3, -0.25) is 4.79 Å². The van der Waals surface area contributed by atoms with E-state index in [0.29, 0.717) is 6.61 Å². The minimum absolute atomic E-state index is 0.107. The molecule has 0 aromatic rings. The van der Waals surface area contributed by atoms with Crippen molar-refractivity contribution in [3.05, 3.63) is 0 Å². The second kappa shape index (κ2) is 8.54. The zero-order valence-electron chi connectivity index (χ0n) is 8.51. The maximum absolute atomic E-state index is 11.1. The summed E-state index contributed by atoms with van der Waals surface area (Å²) < 4.78 is 4.87. The highest BCUT2D eigenvalue weighted by molar-refractivity contribution is 9.10. The summed E-state index contributed by atoms with van der Waals surface area (Å²) in [5, 5.41) is 0.